The molecule has 0 fully saturated rings. The second kappa shape index (κ2) is 10.8. The van der Waals surface area contributed by atoms with Gasteiger partial charge in [0, 0.05) is 32.5 Å². The summed E-state index contributed by atoms with van der Waals surface area (Å²) < 4.78 is 2.00. The third-order valence-corrected chi connectivity index (χ3v) is 4.25. The number of benzene rings is 1. The minimum absolute atomic E-state index is 0. The van der Waals surface area contributed by atoms with Crippen LogP contribution in [0.5, 0.6) is 0 Å². The topological polar surface area (TPSA) is 52.8 Å². The zero-order valence-electron chi connectivity index (χ0n) is 15.7. The molecule has 0 saturated heterocycles. The van der Waals surface area contributed by atoms with Gasteiger partial charge >= 0.3 is 0 Å². The summed E-state index contributed by atoms with van der Waals surface area (Å²) in [7, 11) is 3.95. The Balaban J connectivity index is 0.00000338. The van der Waals surface area contributed by atoms with E-state index in [1.165, 1.54) is 5.56 Å². The van der Waals surface area contributed by atoms with Crippen molar-refractivity contribution < 1.29 is 5.11 Å². The van der Waals surface area contributed by atoms with Gasteiger partial charge in [-0.25, -0.2) is 0 Å². The molecular weight excluding hydrogens is 463 g/mol. The van der Waals surface area contributed by atoms with Gasteiger partial charge in [0.1, 0.15) is 0 Å². The molecule has 0 aliphatic rings. The smallest absolute Gasteiger partial charge is 0.194 e. The minimum atomic E-state index is -0.618. The summed E-state index contributed by atoms with van der Waals surface area (Å²) in [6.45, 7) is 5.80. The number of nitrogens with one attached hydrogen (secondary N) is 1. The van der Waals surface area contributed by atoms with Crippen molar-refractivity contribution in [2.24, 2.45) is 12.0 Å². The van der Waals surface area contributed by atoms with E-state index in [0.29, 0.717) is 13.1 Å². The van der Waals surface area contributed by atoms with Crippen molar-refractivity contribution in [1.82, 2.24) is 14.8 Å². The summed E-state index contributed by atoms with van der Waals surface area (Å²) in [6.07, 6.45) is 1.27. The molecule has 2 N–H and O–H groups in total. The van der Waals surface area contributed by atoms with Crippen LogP contribution >= 0.6 is 35.6 Å². The average molecular weight is 491 g/mol. The third kappa shape index (κ3) is 6.48. The highest BCUT2D eigenvalue weighted by molar-refractivity contribution is 14.0. The largest absolute Gasteiger partial charge is 0.386 e. The van der Waals surface area contributed by atoms with Gasteiger partial charge in [0.05, 0.1) is 24.2 Å². The summed E-state index contributed by atoms with van der Waals surface area (Å²) in [5.41, 5.74) is 3.15. The average Bonchev–Trinajstić information content (AvgIpc) is 2.89. The van der Waals surface area contributed by atoms with Crippen LogP contribution in [0.4, 0.5) is 0 Å². The van der Waals surface area contributed by atoms with Crippen LogP contribution in [0.3, 0.4) is 0 Å². The number of halogens is 2. The molecule has 1 aromatic carbocycles. The number of nitrogens with zero attached hydrogens (tertiary/aromatic N) is 3. The second-order valence-electron chi connectivity index (χ2n) is 6.24. The molecule has 0 aliphatic carbocycles. The highest BCUT2D eigenvalue weighted by Crippen LogP contribution is 2.16. The number of hydrogen-bond acceptors (Lipinski definition) is 2. The molecule has 2 aromatic rings. The molecule has 1 unspecified atom stereocenters. The lowest BCUT2D eigenvalue weighted by atomic mass is 10.1. The fourth-order valence-electron chi connectivity index (χ4n) is 2.58. The van der Waals surface area contributed by atoms with E-state index in [1.807, 2.05) is 73.9 Å². The van der Waals surface area contributed by atoms with Gasteiger partial charge in [-0.1, -0.05) is 41.4 Å². The number of aliphatic hydroxyl groups excluding tert-OH is 1. The zero-order valence-corrected chi connectivity index (χ0v) is 18.8. The van der Waals surface area contributed by atoms with E-state index >= 15 is 0 Å². The highest BCUT2D eigenvalue weighted by Gasteiger charge is 2.12. The van der Waals surface area contributed by atoms with Gasteiger partial charge in [-0.2, -0.15) is 0 Å². The molecule has 1 atom stereocenters. The third-order valence-electron chi connectivity index (χ3n) is 4.05. The monoisotopic (exact) mass is 490 g/mol. The SMILES string of the molecule is CCNC(=NCC(O)c1ccc(C)cc1)N(C)Cc1cc(Cl)cn1C.I. The number of aromatic nitrogens is 1. The van der Waals surface area contributed by atoms with Gasteiger partial charge in [-0.3, -0.25) is 4.99 Å². The standard InChI is InChI=1S/C19H27ClN4O.HI/c1-5-21-19(24(4)13-17-10-16(20)12-23(17)3)22-11-18(25)15-8-6-14(2)7-9-15;/h6-10,12,18,25H,5,11,13H2,1-4H3,(H,21,22);1H. The fourth-order valence-corrected chi connectivity index (χ4v) is 2.85. The lowest BCUT2D eigenvalue weighted by Gasteiger charge is -2.23. The van der Waals surface area contributed by atoms with Crippen molar-refractivity contribution in [3.8, 4) is 0 Å². The van der Waals surface area contributed by atoms with Crippen LogP contribution < -0.4 is 5.32 Å². The van der Waals surface area contributed by atoms with Crippen molar-refractivity contribution in [3.63, 3.8) is 0 Å². The summed E-state index contributed by atoms with van der Waals surface area (Å²) in [6, 6.07) is 9.83. The maximum absolute atomic E-state index is 10.4. The minimum Gasteiger partial charge on any atom is -0.386 e. The maximum atomic E-state index is 10.4. The Hall–Kier alpha value is -1.25. The molecule has 144 valence electrons. The quantitative estimate of drug-likeness (QED) is 0.368. The molecule has 26 heavy (non-hydrogen) atoms. The summed E-state index contributed by atoms with van der Waals surface area (Å²) in [5, 5.41) is 14.4. The normalized spacial score (nSPS) is 12.5. The van der Waals surface area contributed by atoms with Crippen molar-refractivity contribution in [2.75, 3.05) is 20.1 Å². The molecule has 7 heteroatoms. The van der Waals surface area contributed by atoms with E-state index in [0.717, 1.165) is 28.8 Å². The Morgan fingerprint density at radius 2 is 2.00 bits per heavy atom. The first kappa shape index (κ1) is 22.8. The Kier molecular flexibility index (Phi) is 9.46. The Morgan fingerprint density at radius 1 is 1.35 bits per heavy atom. The molecule has 0 aliphatic heterocycles. The number of aliphatic hydroxyl groups is 1. The van der Waals surface area contributed by atoms with Gasteiger partial charge in [-0.15, -0.1) is 24.0 Å². The van der Waals surface area contributed by atoms with Gasteiger partial charge < -0.3 is 19.9 Å². The molecule has 0 amide bonds. The van der Waals surface area contributed by atoms with E-state index in [2.05, 4.69) is 10.3 Å². The Morgan fingerprint density at radius 3 is 2.54 bits per heavy atom. The molecule has 0 spiro atoms. The number of hydrogen-bond donors (Lipinski definition) is 2. The molecule has 5 nitrogen and oxygen atoms in total. The Labute approximate surface area is 178 Å². The van der Waals surface area contributed by atoms with Crippen LogP contribution in [0, 0.1) is 6.92 Å². The van der Waals surface area contributed by atoms with Gasteiger partial charge in [-0.05, 0) is 25.5 Å². The van der Waals surface area contributed by atoms with Crippen LogP contribution in [0.15, 0.2) is 41.5 Å². The highest BCUT2D eigenvalue weighted by atomic mass is 127. The molecule has 0 radical (unpaired) electrons. The molecule has 0 saturated carbocycles. The van der Waals surface area contributed by atoms with Crippen molar-refractivity contribution >= 4 is 41.5 Å². The first-order valence-corrected chi connectivity index (χ1v) is 8.83. The van der Waals surface area contributed by atoms with E-state index < -0.39 is 6.10 Å². The lowest BCUT2D eigenvalue weighted by Crippen LogP contribution is -2.39. The van der Waals surface area contributed by atoms with E-state index in [4.69, 9.17) is 11.6 Å². The summed E-state index contributed by atoms with van der Waals surface area (Å²) in [5.74, 6) is 0.756. The first-order valence-electron chi connectivity index (χ1n) is 8.45. The van der Waals surface area contributed by atoms with Crippen LogP contribution in [0.2, 0.25) is 5.02 Å². The number of aliphatic imine (C=N–C) groups is 1. The Bertz CT molecular complexity index is 715. The van der Waals surface area contributed by atoms with E-state index in [9.17, 15) is 5.11 Å². The summed E-state index contributed by atoms with van der Waals surface area (Å²) in [4.78, 5) is 6.61. The molecule has 1 heterocycles. The van der Waals surface area contributed by atoms with Crippen molar-refractivity contribution in [1.29, 1.82) is 0 Å². The van der Waals surface area contributed by atoms with Gasteiger partial charge in [0.2, 0.25) is 0 Å². The molecule has 1 aromatic heterocycles. The lowest BCUT2D eigenvalue weighted by molar-refractivity contribution is 0.186. The summed E-state index contributed by atoms with van der Waals surface area (Å²) >= 11 is 6.05. The predicted octanol–water partition coefficient (Wildman–Crippen LogP) is 3.74. The van der Waals surface area contributed by atoms with Crippen LogP contribution in [0.25, 0.3) is 0 Å². The first-order chi connectivity index (χ1) is 11.9. The predicted molar refractivity (Wildman–Crippen MR) is 119 cm³/mol. The fraction of sp³-hybridized carbons (Fsp3) is 0.421. The number of guanidine groups is 1. The number of aryl methyl sites for hydroxylation is 2. The molecule has 0 bridgehead atoms. The van der Waals surface area contributed by atoms with Gasteiger partial charge in [0.25, 0.3) is 0 Å². The molecular formula is C19H28ClIN4O. The van der Waals surface area contributed by atoms with Gasteiger partial charge in [0.15, 0.2) is 5.96 Å². The second-order valence-corrected chi connectivity index (χ2v) is 6.67. The maximum Gasteiger partial charge on any atom is 0.194 e. The van der Waals surface area contributed by atoms with E-state index in [-0.39, 0.29) is 24.0 Å². The van der Waals surface area contributed by atoms with Crippen LogP contribution in [0.1, 0.15) is 29.8 Å². The molecule has 2 rings (SSSR count). The van der Waals surface area contributed by atoms with E-state index in [1.54, 1.807) is 0 Å². The van der Waals surface area contributed by atoms with Crippen LogP contribution in [-0.2, 0) is 13.6 Å². The number of rotatable bonds is 6. The van der Waals surface area contributed by atoms with Crippen LogP contribution in [-0.4, -0.2) is 40.7 Å². The zero-order chi connectivity index (χ0) is 18.4. The van der Waals surface area contributed by atoms with Crippen molar-refractivity contribution in [3.05, 3.63) is 58.4 Å². The van der Waals surface area contributed by atoms with Crippen molar-refractivity contribution in [2.45, 2.75) is 26.5 Å².